The van der Waals surface area contributed by atoms with E-state index in [1.807, 2.05) is 12.1 Å². The number of aliphatic hydroxyl groups is 1. The number of amides is 1. The van der Waals surface area contributed by atoms with E-state index in [0.29, 0.717) is 29.1 Å². The van der Waals surface area contributed by atoms with Crippen LogP contribution in [0.4, 0.5) is 0 Å². The number of hydrogen-bond acceptors (Lipinski definition) is 6. The maximum Gasteiger partial charge on any atom is 0.217 e. The van der Waals surface area contributed by atoms with Gasteiger partial charge < -0.3 is 24.6 Å². The van der Waals surface area contributed by atoms with Crippen LogP contribution in [0.3, 0.4) is 0 Å². The molecule has 7 heteroatoms. The average molecular weight is 378 g/mol. The Kier molecular flexibility index (Phi) is 6.11. The predicted octanol–water partition coefficient (Wildman–Crippen LogP) is 1.42. The maximum atomic E-state index is 11.4. The van der Waals surface area contributed by atoms with E-state index in [4.69, 9.17) is 14.2 Å². The highest BCUT2D eigenvalue weighted by molar-refractivity contribution is 5.73. The second-order valence-electron chi connectivity index (χ2n) is 7.55. The van der Waals surface area contributed by atoms with Gasteiger partial charge in [0, 0.05) is 32.1 Å². The molecule has 0 spiro atoms. The molecule has 2 aliphatic rings. The molecule has 1 aromatic carbocycles. The van der Waals surface area contributed by atoms with Crippen molar-refractivity contribution in [1.29, 1.82) is 0 Å². The van der Waals surface area contributed by atoms with Crippen LogP contribution in [0.2, 0.25) is 0 Å². The summed E-state index contributed by atoms with van der Waals surface area (Å²) in [5.74, 6) is 2.81. The Morgan fingerprint density at radius 2 is 1.78 bits per heavy atom. The topological polar surface area (TPSA) is 80.3 Å². The first-order chi connectivity index (χ1) is 13.0. The number of hydrogen-bond donors (Lipinski definition) is 2. The minimum Gasteiger partial charge on any atom is -0.493 e. The van der Waals surface area contributed by atoms with Crippen LogP contribution >= 0.6 is 0 Å². The third kappa shape index (κ3) is 4.14. The van der Waals surface area contributed by atoms with Gasteiger partial charge in [-0.2, -0.15) is 0 Å². The van der Waals surface area contributed by atoms with Gasteiger partial charge >= 0.3 is 0 Å². The molecule has 0 unspecified atom stereocenters. The lowest BCUT2D eigenvalue weighted by Crippen LogP contribution is -2.48. The number of carbonyl (C=O) groups is 1. The van der Waals surface area contributed by atoms with Crippen molar-refractivity contribution in [2.24, 2.45) is 11.8 Å². The van der Waals surface area contributed by atoms with Crippen molar-refractivity contribution in [3.05, 3.63) is 17.7 Å². The monoisotopic (exact) mass is 378 g/mol. The van der Waals surface area contributed by atoms with Crippen molar-refractivity contribution in [1.82, 2.24) is 10.2 Å². The van der Waals surface area contributed by atoms with Gasteiger partial charge in [0.1, 0.15) is 0 Å². The van der Waals surface area contributed by atoms with Crippen LogP contribution < -0.4 is 19.5 Å². The van der Waals surface area contributed by atoms with Gasteiger partial charge in [0.05, 0.1) is 33.5 Å². The number of nitrogens with one attached hydrogen (secondary N) is 1. The van der Waals surface area contributed by atoms with Crippen LogP contribution in [0.5, 0.6) is 17.2 Å². The van der Waals surface area contributed by atoms with Crippen molar-refractivity contribution in [2.45, 2.75) is 38.5 Å². The largest absolute Gasteiger partial charge is 0.493 e. The summed E-state index contributed by atoms with van der Waals surface area (Å²) in [4.78, 5) is 13.8. The number of carbonyl (C=O) groups excluding carboxylic acids is 1. The normalized spacial score (nSPS) is 27.7. The van der Waals surface area contributed by atoms with E-state index in [2.05, 4.69) is 10.2 Å². The Morgan fingerprint density at radius 3 is 2.37 bits per heavy atom. The molecule has 1 aliphatic heterocycles. The highest BCUT2D eigenvalue weighted by Crippen LogP contribution is 2.42. The zero-order chi connectivity index (χ0) is 19.6. The molecular formula is C20H30N2O5. The van der Waals surface area contributed by atoms with Gasteiger partial charge in [0.15, 0.2) is 11.5 Å². The van der Waals surface area contributed by atoms with Crippen molar-refractivity contribution in [3.63, 3.8) is 0 Å². The summed E-state index contributed by atoms with van der Waals surface area (Å²) < 4.78 is 16.4. The van der Waals surface area contributed by atoms with Crippen molar-refractivity contribution < 1.29 is 24.1 Å². The quantitative estimate of drug-likeness (QED) is 0.779. The van der Waals surface area contributed by atoms with E-state index in [1.54, 1.807) is 21.3 Å². The number of aliphatic hydroxyl groups excluding tert-OH is 1. The number of methoxy groups -OCH3 is 3. The molecule has 7 nitrogen and oxygen atoms in total. The van der Waals surface area contributed by atoms with Gasteiger partial charge in [0.25, 0.3) is 0 Å². The van der Waals surface area contributed by atoms with E-state index in [1.165, 1.54) is 6.92 Å². The fourth-order valence-corrected chi connectivity index (χ4v) is 4.60. The van der Waals surface area contributed by atoms with E-state index < -0.39 is 6.10 Å². The SMILES string of the molecule is COc1ccc(CN2C[C@H]3C[C@@H](NC(C)=O)[C@H](O)C[C@H]3C2)c(OC)c1OC. The molecule has 2 fully saturated rings. The first-order valence-electron chi connectivity index (χ1n) is 9.42. The summed E-state index contributed by atoms with van der Waals surface area (Å²) in [5, 5.41) is 13.3. The van der Waals surface area contributed by atoms with E-state index in [-0.39, 0.29) is 11.9 Å². The third-order valence-corrected chi connectivity index (χ3v) is 5.79. The van der Waals surface area contributed by atoms with Crippen LogP contribution in [0.25, 0.3) is 0 Å². The molecule has 1 aromatic rings. The first-order valence-corrected chi connectivity index (χ1v) is 9.42. The first kappa shape index (κ1) is 19.8. The highest BCUT2D eigenvalue weighted by atomic mass is 16.5. The average Bonchev–Trinajstić information content (AvgIpc) is 3.01. The summed E-state index contributed by atoms with van der Waals surface area (Å²) >= 11 is 0. The fourth-order valence-electron chi connectivity index (χ4n) is 4.60. The van der Waals surface area contributed by atoms with Crippen molar-refractivity contribution >= 4 is 5.91 Å². The molecule has 150 valence electrons. The van der Waals surface area contributed by atoms with E-state index >= 15 is 0 Å². The lowest BCUT2D eigenvalue weighted by molar-refractivity contribution is -0.121. The lowest BCUT2D eigenvalue weighted by atomic mass is 9.77. The summed E-state index contributed by atoms with van der Waals surface area (Å²) in [6.07, 6.45) is 1.09. The molecule has 1 amide bonds. The number of ether oxygens (including phenoxy) is 3. The Labute approximate surface area is 160 Å². The van der Waals surface area contributed by atoms with E-state index in [0.717, 1.165) is 38.0 Å². The van der Waals surface area contributed by atoms with Crippen molar-refractivity contribution in [3.8, 4) is 17.2 Å². The molecule has 1 aliphatic carbocycles. The zero-order valence-electron chi connectivity index (χ0n) is 16.5. The van der Waals surface area contributed by atoms with Gasteiger partial charge in [0.2, 0.25) is 11.7 Å². The van der Waals surface area contributed by atoms with Gasteiger partial charge in [-0.25, -0.2) is 0 Å². The third-order valence-electron chi connectivity index (χ3n) is 5.79. The Bertz CT molecular complexity index is 681. The van der Waals surface area contributed by atoms with Gasteiger partial charge in [-0.05, 0) is 30.7 Å². The predicted molar refractivity (Wildman–Crippen MR) is 101 cm³/mol. The van der Waals surface area contributed by atoms with Crippen LogP contribution in [0.15, 0.2) is 12.1 Å². The van der Waals surface area contributed by atoms with Gasteiger partial charge in [-0.1, -0.05) is 6.07 Å². The minimum atomic E-state index is -0.467. The number of rotatable bonds is 6. The molecule has 1 saturated carbocycles. The zero-order valence-corrected chi connectivity index (χ0v) is 16.5. The van der Waals surface area contributed by atoms with E-state index in [9.17, 15) is 9.90 Å². The molecular weight excluding hydrogens is 348 g/mol. The van der Waals surface area contributed by atoms with Crippen molar-refractivity contribution in [2.75, 3.05) is 34.4 Å². The Hall–Kier alpha value is -1.99. The molecule has 0 bridgehead atoms. The fraction of sp³-hybridized carbons (Fsp3) is 0.650. The number of fused-ring (bicyclic) bond motifs is 1. The second-order valence-corrected chi connectivity index (χ2v) is 7.55. The number of likely N-dealkylation sites (tertiary alicyclic amines) is 1. The van der Waals surface area contributed by atoms with Crippen LogP contribution in [-0.4, -0.2) is 62.5 Å². The molecule has 1 heterocycles. The van der Waals surface area contributed by atoms with Crippen LogP contribution in [0.1, 0.15) is 25.3 Å². The summed E-state index contributed by atoms with van der Waals surface area (Å²) in [6.45, 7) is 4.14. The van der Waals surface area contributed by atoms with Crippen LogP contribution in [-0.2, 0) is 11.3 Å². The lowest BCUT2D eigenvalue weighted by Gasteiger charge is -2.35. The Morgan fingerprint density at radius 1 is 1.11 bits per heavy atom. The smallest absolute Gasteiger partial charge is 0.217 e. The molecule has 2 N–H and O–H groups in total. The molecule has 4 atom stereocenters. The minimum absolute atomic E-state index is 0.0811. The standard InChI is InChI=1S/C20H30N2O5/c1-12(23)21-16-7-14-10-22(11-15(14)8-17(16)24)9-13-5-6-18(25-2)20(27-4)19(13)26-3/h5-6,14-17,24H,7-11H2,1-4H3,(H,21,23)/t14-,15+,16-,17-/m1/s1. The molecule has 3 rings (SSSR count). The second kappa shape index (κ2) is 8.35. The molecule has 27 heavy (non-hydrogen) atoms. The van der Waals surface area contributed by atoms with Gasteiger partial charge in [-0.15, -0.1) is 0 Å². The highest BCUT2D eigenvalue weighted by Gasteiger charge is 2.42. The maximum absolute atomic E-state index is 11.4. The van der Waals surface area contributed by atoms with Gasteiger partial charge in [-0.3, -0.25) is 9.69 Å². The van der Waals surface area contributed by atoms with Crippen LogP contribution in [0, 0.1) is 11.8 Å². The number of nitrogens with zero attached hydrogens (tertiary/aromatic N) is 1. The molecule has 0 aromatic heterocycles. The number of benzene rings is 1. The molecule has 0 radical (unpaired) electrons. The summed E-state index contributed by atoms with van der Waals surface area (Å²) in [6, 6.07) is 3.77. The molecule has 1 saturated heterocycles. The summed E-state index contributed by atoms with van der Waals surface area (Å²) in [7, 11) is 4.86. The summed E-state index contributed by atoms with van der Waals surface area (Å²) in [5.41, 5.74) is 1.05. The Balaban J connectivity index is 1.71.